The zero-order valence-corrected chi connectivity index (χ0v) is 33.7. The van der Waals surface area contributed by atoms with Crippen molar-refractivity contribution < 1.29 is 58.7 Å². The summed E-state index contributed by atoms with van der Waals surface area (Å²) in [7, 11) is 1.50. The minimum Gasteiger partial charge on any atom is -0.459 e. The van der Waals surface area contributed by atoms with E-state index in [1.54, 1.807) is 34.6 Å². The molecule has 0 aromatic heterocycles. The van der Waals surface area contributed by atoms with Gasteiger partial charge >= 0.3 is 5.97 Å². The molecule has 3 saturated heterocycles. The normalized spacial score (nSPS) is 50.3. The highest BCUT2D eigenvalue weighted by atomic mass is 16.7. The van der Waals surface area contributed by atoms with E-state index in [1.165, 1.54) is 14.0 Å². The molecule has 3 heterocycles. The van der Waals surface area contributed by atoms with E-state index in [0.29, 0.717) is 19.5 Å². The Labute approximate surface area is 311 Å². The molecule has 3 aliphatic rings. The molecule has 8 unspecified atom stereocenters. The second-order valence-electron chi connectivity index (χ2n) is 16.9. The number of ether oxygens (including phenoxy) is 6. The molecular formula is C38H72N2O12. The fourth-order valence-corrected chi connectivity index (χ4v) is 9.00. The number of methoxy groups -OCH3 is 1. The topological polar surface area (TPSA) is 212 Å². The first kappa shape index (κ1) is 45.4. The van der Waals surface area contributed by atoms with Crippen molar-refractivity contribution in [3.8, 4) is 0 Å². The maximum atomic E-state index is 14.2. The summed E-state index contributed by atoms with van der Waals surface area (Å²) in [4.78, 5) is 14.2. The fourth-order valence-electron chi connectivity index (χ4n) is 9.00. The van der Waals surface area contributed by atoms with E-state index in [-0.39, 0.29) is 37.2 Å². The standard InChI is InChI=1S/C38H72N2O12/c1-13-26-38(11,46)31(42)22(5)28(40-15-14-39)20(3)17-36(9,45)33(52-35-29(41)19(2)16-21(4)48-35)23(6)30(24(7)34(44)50-26)51-27-18-37(10,47-12)32(43)25(8)49-27/h19-33,35,40-43,45-46H,13-18,39H2,1-12H3/t19?,20-,21?,22+,23+,24-,25?,26-,27?,28+,29?,30+,31-,32?,33-,35?,36-,37?,38-/m1/s1. The van der Waals surface area contributed by atoms with Crippen LogP contribution in [0.5, 0.6) is 0 Å². The van der Waals surface area contributed by atoms with Gasteiger partial charge in [0.15, 0.2) is 12.6 Å². The van der Waals surface area contributed by atoms with Crippen molar-refractivity contribution in [2.24, 2.45) is 35.3 Å². The van der Waals surface area contributed by atoms with Crippen molar-refractivity contribution in [1.82, 2.24) is 5.32 Å². The maximum Gasteiger partial charge on any atom is 0.311 e. The highest BCUT2D eigenvalue weighted by molar-refractivity contribution is 5.73. The van der Waals surface area contributed by atoms with Crippen LogP contribution in [0.25, 0.3) is 0 Å². The number of hydrogen-bond donors (Lipinski definition) is 7. The number of aliphatic hydroxyl groups excluding tert-OH is 3. The number of carbonyl (C=O) groups is 1. The van der Waals surface area contributed by atoms with Gasteiger partial charge in [-0.05, 0) is 72.6 Å². The molecular weight excluding hydrogens is 676 g/mol. The number of aliphatic hydroxyl groups is 5. The number of carbonyl (C=O) groups excluding carboxylic acids is 1. The van der Waals surface area contributed by atoms with Crippen LogP contribution < -0.4 is 11.1 Å². The zero-order chi connectivity index (χ0) is 39.5. The summed E-state index contributed by atoms with van der Waals surface area (Å²) < 4.78 is 37.4. The number of rotatable bonds is 9. The number of nitrogens with two attached hydrogens (primary N) is 1. The summed E-state index contributed by atoms with van der Waals surface area (Å²) in [5.41, 5.74) is 1.40. The second-order valence-corrected chi connectivity index (χ2v) is 16.9. The minimum absolute atomic E-state index is 0.128. The van der Waals surface area contributed by atoms with Gasteiger partial charge in [0.05, 0.1) is 47.6 Å². The monoisotopic (exact) mass is 749 g/mol. The summed E-state index contributed by atoms with van der Waals surface area (Å²) in [5, 5.41) is 61.8. The number of nitrogens with one attached hydrogen (secondary N) is 1. The fraction of sp³-hybridized carbons (Fsp3) is 0.974. The molecule has 14 nitrogen and oxygen atoms in total. The van der Waals surface area contributed by atoms with Gasteiger partial charge in [-0.15, -0.1) is 0 Å². The summed E-state index contributed by atoms with van der Waals surface area (Å²) in [6.45, 7) is 20.2. The van der Waals surface area contributed by atoms with E-state index in [9.17, 15) is 30.3 Å². The van der Waals surface area contributed by atoms with Crippen LogP contribution in [0.15, 0.2) is 0 Å². The lowest BCUT2D eigenvalue weighted by Gasteiger charge is -2.49. The lowest BCUT2D eigenvalue weighted by atomic mass is 9.72. The van der Waals surface area contributed by atoms with Gasteiger partial charge in [-0.2, -0.15) is 0 Å². The van der Waals surface area contributed by atoms with Crippen LogP contribution in [-0.2, 0) is 33.2 Å². The highest BCUT2D eigenvalue weighted by Crippen LogP contribution is 2.41. The van der Waals surface area contributed by atoms with Gasteiger partial charge in [-0.25, -0.2) is 0 Å². The van der Waals surface area contributed by atoms with Gasteiger partial charge in [-0.3, -0.25) is 4.79 Å². The highest BCUT2D eigenvalue weighted by Gasteiger charge is 2.53. The second kappa shape index (κ2) is 18.3. The van der Waals surface area contributed by atoms with E-state index >= 15 is 0 Å². The summed E-state index contributed by atoms with van der Waals surface area (Å²) in [6, 6.07) is -0.443. The Kier molecular flexibility index (Phi) is 16.0. The predicted octanol–water partition coefficient (Wildman–Crippen LogP) is 1.84. The Hall–Kier alpha value is -1.01. The Morgan fingerprint density at radius 2 is 1.54 bits per heavy atom. The summed E-state index contributed by atoms with van der Waals surface area (Å²) >= 11 is 0. The average molecular weight is 749 g/mol. The third-order valence-corrected chi connectivity index (χ3v) is 12.3. The molecule has 19 atom stereocenters. The van der Waals surface area contributed by atoms with E-state index in [0.717, 1.165) is 0 Å². The van der Waals surface area contributed by atoms with E-state index in [1.807, 2.05) is 34.6 Å². The molecule has 0 aliphatic carbocycles. The molecule has 0 saturated carbocycles. The molecule has 3 aliphatic heterocycles. The molecule has 0 aromatic carbocycles. The maximum absolute atomic E-state index is 14.2. The lowest BCUT2D eigenvalue weighted by Crippen LogP contribution is -2.61. The molecule has 14 heteroatoms. The largest absolute Gasteiger partial charge is 0.459 e. The van der Waals surface area contributed by atoms with Crippen LogP contribution in [0.3, 0.4) is 0 Å². The van der Waals surface area contributed by atoms with Crippen molar-refractivity contribution in [2.75, 3.05) is 20.2 Å². The third-order valence-electron chi connectivity index (χ3n) is 12.3. The minimum atomic E-state index is -1.84. The van der Waals surface area contributed by atoms with Crippen LogP contribution in [0, 0.1) is 29.6 Å². The molecule has 306 valence electrons. The van der Waals surface area contributed by atoms with E-state index < -0.39 is 102 Å². The van der Waals surface area contributed by atoms with Crippen LogP contribution >= 0.6 is 0 Å². The lowest BCUT2D eigenvalue weighted by molar-refractivity contribution is -0.318. The van der Waals surface area contributed by atoms with Gasteiger partial charge in [0, 0.05) is 44.5 Å². The first-order valence-corrected chi connectivity index (χ1v) is 19.4. The summed E-state index contributed by atoms with van der Waals surface area (Å²) in [5.74, 6) is -3.49. The van der Waals surface area contributed by atoms with Crippen molar-refractivity contribution in [3.05, 3.63) is 0 Å². The smallest absolute Gasteiger partial charge is 0.311 e. The molecule has 0 radical (unpaired) electrons. The van der Waals surface area contributed by atoms with Crippen LogP contribution in [0.2, 0.25) is 0 Å². The van der Waals surface area contributed by atoms with Gasteiger partial charge in [0.2, 0.25) is 0 Å². The van der Waals surface area contributed by atoms with Gasteiger partial charge < -0.3 is 65.0 Å². The molecule has 3 fully saturated rings. The van der Waals surface area contributed by atoms with E-state index in [4.69, 9.17) is 34.2 Å². The molecule has 0 spiro atoms. The van der Waals surface area contributed by atoms with E-state index in [2.05, 4.69) is 5.32 Å². The molecule has 3 rings (SSSR count). The number of cyclic esters (lactones) is 1. The Bertz CT molecular complexity index is 1130. The van der Waals surface area contributed by atoms with Crippen molar-refractivity contribution in [3.63, 3.8) is 0 Å². The van der Waals surface area contributed by atoms with Crippen molar-refractivity contribution >= 4 is 5.97 Å². The molecule has 0 bridgehead atoms. The predicted molar refractivity (Wildman–Crippen MR) is 194 cm³/mol. The van der Waals surface area contributed by atoms with Gasteiger partial charge in [-0.1, -0.05) is 34.6 Å². The SMILES string of the molecule is CC[C@H]1OC(=O)[C@H](C)[C@@H](OC2CC(C)(OC)C(O)C(C)O2)[C@H](C)[C@@H](OC2OC(C)CC(C)C2O)[C@](C)(O)C[C@@H](C)[C@H](NCCN)[C@H](C)[C@@H](O)[C@]1(C)O. The number of hydrogen-bond acceptors (Lipinski definition) is 14. The van der Waals surface area contributed by atoms with Crippen molar-refractivity contribution in [2.45, 2.75) is 186 Å². The van der Waals surface area contributed by atoms with Crippen LogP contribution in [0.4, 0.5) is 0 Å². The van der Waals surface area contributed by atoms with Gasteiger partial charge in [0.25, 0.3) is 0 Å². The van der Waals surface area contributed by atoms with Crippen molar-refractivity contribution in [1.29, 1.82) is 0 Å². The summed E-state index contributed by atoms with van der Waals surface area (Å²) in [6.07, 6.45) is -8.25. The number of esters is 1. The Balaban J connectivity index is 2.20. The molecule has 0 aromatic rings. The third kappa shape index (κ3) is 10.0. The quantitative estimate of drug-likeness (QED) is 0.168. The first-order chi connectivity index (χ1) is 24.1. The Morgan fingerprint density at radius 1 is 0.904 bits per heavy atom. The van der Waals surface area contributed by atoms with Crippen LogP contribution in [0.1, 0.15) is 102 Å². The Morgan fingerprint density at radius 3 is 2.12 bits per heavy atom. The zero-order valence-electron chi connectivity index (χ0n) is 33.7. The first-order valence-electron chi connectivity index (χ1n) is 19.4. The van der Waals surface area contributed by atoms with Crippen LogP contribution in [-0.4, -0.2) is 136 Å². The molecule has 52 heavy (non-hydrogen) atoms. The molecule has 8 N–H and O–H groups in total. The van der Waals surface area contributed by atoms with Gasteiger partial charge in [0.1, 0.15) is 23.9 Å². The molecule has 0 amide bonds. The average Bonchev–Trinajstić information content (AvgIpc) is 3.07.